The van der Waals surface area contributed by atoms with Crippen LogP contribution in [0.5, 0.6) is 0 Å². The Hall–Kier alpha value is -0.650. The van der Waals surface area contributed by atoms with E-state index in [1.54, 1.807) is 7.11 Å². The van der Waals surface area contributed by atoms with Crippen LogP contribution in [-0.2, 0) is 9.47 Å². The summed E-state index contributed by atoms with van der Waals surface area (Å²) >= 11 is 5.58. The predicted octanol–water partition coefficient (Wildman–Crippen LogP) is 2.34. The van der Waals surface area contributed by atoms with Gasteiger partial charge < -0.3 is 19.7 Å². The molecule has 1 N–H and O–H groups in total. The van der Waals surface area contributed by atoms with Crippen molar-refractivity contribution in [1.29, 1.82) is 0 Å². The molecule has 2 rings (SSSR count). The number of methoxy groups -OCH3 is 1. The maximum absolute atomic E-state index is 5.78. The van der Waals surface area contributed by atoms with E-state index in [4.69, 9.17) is 21.7 Å². The first-order chi connectivity index (χ1) is 10.3. The van der Waals surface area contributed by atoms with Crippen molar-refractivity contribution in [2.75, 3.05) is 40.0 Å². The van der Waals surface area contributed by atoms with Crippen molar-refractivity contribution in [3.63, 3.8) is 0 Å². The minimum atomic E-state index is 0.339. The second kappa shape index (κ2) is 9.38. The summed E-state index contributed by atoms with van der Waals surface area (Å²) in [6.07, 6.45) is 10.9. The lowest BCUT2D eigenvalue weighted by molar-refractivity contribution is 0.0872. The minimum Gasteiger partial charge on any atom is -0.383 e. The molecule has 1 aliphatic heterocycles. The van der Waals surface area contributed by atoms with E-state index in [-0.39, 0.29) is 0 Å². The third-order valence-electron chi connectivity index (χ3n) is 4.17. The number of hydrogen-bond donors (Lipinski definition) is 1. The highest BCUT2D eigenvalue weighted by Gasteiger charge is 2.23. The predicted molar refractivity (Wildman–Crippen MR) is 89.5 cm³/mol. The molecule has 5 heteroatoms. The first kappa shape index (κ1) is 16.7. The lowest BCUT2D eigenvalue weighted by Gasteiger charge is -2.32. The fraction of sp³-hybridized carbons (Fsp3) is 0.812. The summed E-state index contributed by atoms with van der Waals surface area (Å²) in [5.41, 5.74) is 0. The SMILES string of the molecule is COCCNC(=S)N(C[C@@H]1CC=CCC1)C[C@@H]1CCCO1. The summed E-state index contributed by atoms with van der Waals surface area (Å²) in [6.45, 7) is 4.29. The minimum absolute atomic E-state index is 0.339. The highest BCUT2D eigenvalue weighted by Crippen LogP contribution is 2.21. The molecule has 1 saturated heterocycles. The van der Waals surface area contributed by atoms with E-state index in [9.17, 15) is 0 Å². The fourth-order valence-electron chi connectivity index (χ4n) is 2.98. The quantitative estimate of drug-likeness (QED) is 0.443. The van der Waals surface area contributed by atoms with Crippen molar-refractivity contribution >= 4 is 17.3 Å². The van der Waals surface area contributed by atoms with Gasteiger partial charge in [-0.1, -0.05) is 12.2 Å². The molecular formula is C16H28N2O2S. The van der Waals surface area contributed by atoms with Gasteiger partial charge in [-0.2, -0.15) is 0 Å². The Morgan fingerprint density at radius 1 is 1.38 bits per heavy atom. The molecule has 1 aliphatic carbocycles. The summed E-state index contributed by atoms with van der Waals surface area (Å²) < 4.78 is 10.9. The topological polar surface area (TPSA) is 33.7 Å². The van der Waals surface area contributed by atoms with Crippen molar-refractivity contribution in [3.05, 3.63) is 12.2 Å². The van der Waals surface area contributed by atoms with Crippen molar-refractivity contribution in [2.24, 2.45) is 5.92 Å². The van der Waals surface area contributed by atoms with Gasteiger partial charge in [-0.15, -0.1) is 0 Å². The number of ether oxygens (including phenoxy) is 2. The number of rotatable bonds is 7. The van der Waals surface area contributed by atoms with Crippen LogP contribution in [0.15, 0.2) is 12.2 Å². The van der Waals surface area contributed by atoms with Crippen LogP contribution in [0.3, 0.4) is 0 Å². The average molecular weight is 312 g/mol. The van der Waals surface area contributed by atoms with Gasteiger partial charge in [-0.05, 0) is 50.2 Å². The van der Waals surface area contributed by atoms with Gasteiger partial charge in [0.1, 0.15) is 0 Å². The smallest absolute Gasteiger partial charge is 0.169 e. The molecule has 0 aromatic heterocycles. The highest BCUT2D eigenvalue weighted by molar-refractivity contribution is 7.80. The van der Waals surface area contributed by atoms with Crippen molar-refractivity contribution < 1.29 is 9.47 Å². The van der Waals surface area contributed by atoms with Gasteiger partial charge in [0.05, 0.1) is 12.7 Å². The van der Waals surface area contributed by atoms with Crippen LogP contribution in [0.25, 0.3) is 0 Å². The Bertz CT molecular complexity index is 343. The Labute approximate surface area is 133 Å². The molecule has 2 atom stereocenters. The van der Waals surface area contributed by atoms with E-state index in [0.717, 1.165) is 37.8 Å². The number of nitrogens with one attached hydrogen (secondary N) is 1. The molecule has 2 aliphatic rings. The Balaban J connectivity index is 1.85. The van der Waals surface area contributed by atoms with Crippen LogP contribution >= 0.6 is 12.2 Å². The number of allylic oxidation sites excluding steroid dienone is 2. The second-order valence-electron chi connectivity index (χ2n) is 5.92. The molecule has 21 heavy (non-hydrogen) atoms. The molecule has 0 bridgehead atoms. The molecule has 0 spiro atoms. The van der Waals surface area contributed by atoms with E-state index in [2.05, 4.69) is 22.4 Å². The molecule has 0 aromatic carbocycles. The van der Waals surface area contributed by atoms with Gasteiger partial charge in [-0.3, -0.25) is 0 Å². The molecule has 0 amide bonds. The maximum Gasteiger partial charge on any atom is 0.169 e. The third-order valence-corrected chi connectivity index (χ3v) is 4.58. The lowest BCUT2D eigenvalue weighted by atomic mass is 9.94. The molecular weight excluding hydrogens is 284 g/mol. The average Bonchev–Trinajstić information content (AvgIpc) is 3.01. The van der Waals surface area contributed by atoms with Crippen molar-refractivity contribution in [1.82, 2.24) is 10.2 Å². The van der Waals surface area contributed by atoms with Gasteiger partial charge in [0.2, 0.25) is 0 Å². The van der Waals surface area contributed by atoms with Crippen LogP contribution in [0.2, 0.25) is 0 Å². The first-order valence-electron chi connectivity index (χ1n) is 8.08. The summed E-state index contributed by atoms with van der Waals surface area (Å²) in [7, 11) is 1.71. The number of nitrogens with zero attached hydrogens (tertiary/aromatic N) is 1. The van der Waals surface area contributed by atoms with Gasteiger partial charge in [0.15, 0.2) is 5.11 Å². The van der Waals surface area contributed by atoms with E-state index in [0.29, 0.717) is 18.6 Å². The zero-order chi connectivity index (χ0) is 14.9. The normalized spacial score (nSPS) is 25.0. The molecule has 120 valence electrons. The molecule has 0 radical (unpaired) electrons. The molecule has 0 saturated carbocycles. The van der Waals surface area contributed by atoms with Gasteiger partial charge in [0, 0.05) is 33.4 Å². The van der Waals surface area contributed by atoms with Crippen molar-refractivity contribution in [3.8, 4) is 0 Å². The number of hydrogen-bond acceptors (Lipinski definition) is 3. The zero-order valence-corrected chi connectivity index (χ0v) is 13.9. The Morgan fingerprint density at radius 2 is 2.29 bits per heavy atom. The lowest BCUT2D eigenvalue weighted by Crippen LogP contribution is -2.46. The molecule has 0 aromatic rings. The van der Waals surface area contributed by atoms with Crippen LogP contribution in [0, 0.1) is 5.92 Å². The zero-order valence-electron chi connectivity index (χ0n) is 13.1. The monoisotopic (exact) mass is 312 g/mol. The third kappa shape index (κ3) is 5.93. The van der Waals surface area contributed by atoms with E-state index < -0.39 is 0 Å². The molecule has 1 heterocycles. The van der Waals surface area contributed by atoms with E-state index in [1.165, 1.54) is 25.7 Å². The second-order valence-corrected chi connectivity index (χ2v) is 6.30. The van der Waals surface area contributed by atoms with Gasteiger partial charge in [0.25, 0.3) is 0 Å². The van der Waals surface area contributed by atoms with Gasteiger partial charge >= 0.3 is 0 Å². The Morgan fingerprint density at radius 3 is 2.95 bits per heavy atom. The van der Waals surface area contributed by atoms with E-state index in [1.807, 2.05) is 0 Å². The van der Waals surface area contributed by atoms with Crippen LogP contribution < -0.4 is 5.32 Å². The van der Waals surface area contributed by atoms with E-state index >= 15 is 0 Å². The highest BCUT2D eigenvalue weighted by atomic mass is 32.1. The molecule has 4 nitrogen and oxygen atoms in total. The molecule has 0 unspecified atom stereocenters. The molecule has 1 fully saturated rings. The standard InChI is InChI=1S/C16H28N2O2S/c1-19-11-9-17-16(21)18(13-15-8-5-10-20-15)12-14-6-3-2-4-7-14/h2-3,14-15H,4-13H2,1H3,(H,17,21)/t14-,15+/m1/s1. The van der Waals surface area contributed by atoms with Crippen LogP contribution in [0.1, 0.15) is 32.1 Å². The summed E-state index contributed by atoms with van der Waals surface area (Å²) in [4.78, 5) is 2.31. The first-order valence-corrected chi connectivity index (χ1v) is 8.48. The van der Waals surface area contributed by atoms with Crippen molar-refractivity contribution in [2.45, 2.75) is 38.2 Å². The number of thiocarbonyl (C=S) groups is 1. The van der Waals surface area contributed by atoms with Crippen LogP contribution in [0.4, 0.5) is 0 Å². The maximum atomic E-state index is 5.78. The van der Waals surface area contributed by atoms with Crippen LogP contribution in [-0.4, -0.2) is 56.1 Å². The largest absolute Gasteiger partial charge is 0.383 e. The van der Waals surface area contributed by atoms with Gasteiger partial charge in [-0.25, -0.2) is 0 Å². The fourth-order valence-corrected chi connectivity index (χ4v) is 3.23. The Kier molecular flexibility index (Phi) is 7.47. The summed E-state index contributed by atoms with van der Waals surface area (Å²) in [6, 6.07) is 0. The summed E-state index contributed by atoms with van der Waals surface area (Å²) in [5, 5.41) is 4.15. The summed E-state index contributed by atoms with van der Waals surface area (Å²) in [5.74, 6) is 0.707.